The maximum atomic E-state index is 12.9. The zero-order chi connectivity index (χ0) is 24.0. The molecule has 2 N–H and O–H groups in total. The van der Waals surface area contributed by atoms with E-state index in [1.54, 1.807) is 6.07 Å². The molecule has 0 radical (unpaired) electrons. The molecule has 2 atom stereocenters. The average molecular weight is 462 g/mol. The van der Waals surface area contributed by atoms with Gasteiger partial charge < -0.3 is 10.3 Å². The number of amides is 1. The van der Waals surface area contributed by atoms with E-state index >= 15 is 0 Å². The number of hydrogen-bond donors (Lipinski definition) is 2. The lowest BCUT2D eigenvalue weighted by atomic mass is 9.65. The number of nitrogens with one attached hydrogen (secondary N) is 2. The van der Waals surface area contributed by atoms with E-state index in [4.69, 9.17) is 0 Å². The van der Waals surface area contributed by atoms with Crippen LogP contribution in [-0.2, 0) is 19.3 Å². The van der Waals surface area contributed by atoms with Gasteiger partial charge in [-0.2, -0.15) is 13.2 Å². The minimum atomic E-state index is -4.45. The zero-order valence-corrected chi connectivity index (χ0v) is 19.2. The monoisotopic (exact) mass is 461 g/mol. The highest BCUT2D eigenvalue weighted by atomic mass is 19.4. The van der Waals surface area contributed by atoms with Crippen LogP contribution in [0.15, 0.2) is 41.2 Å². The van der Waals surface area contributed by atoms with Gasteiger partial charge >= 0.3 is 6.18 Å². The Balaban J connectivity index is 1.40. The molecular weight excluding hydrogens is 431 g/mol. The summed E-state index contributed by atoms with van der Waals surface area (Å²) < 4.78 is 38.6. The first-order valence-electron chi connectivity index (χ1n) is 11.2. The summed E-state index contributed by atoms with van der Waals surface area (Å²) >= 11 is 0. The molecule has 2 aliphatic rings. The Morgan fingerprint density at radius 3 is 2.64 bits per heavy atom. The van der Waals surface area contributed by atoms with Gasteiger partial charge in [0.25, 0.3) is 11.5 Å². The Labute approximate surface area is 191 Å². The van der Waals surface area contributed by atoms with Gasteiger partial charge in [0.15, 0.2) is 0 Å². The summed E-state index contributed by atoms with van der Waals surface area (Å²) in [6, 6.07) is 8.47. The van der Waals surface area contributed by atoms with Crippen molar-refractivity contribution in [2.45, 2.75) is 65.3 Å². The molecule has 2 aromatic rings. The van der Waals surface area contributed by atoms with E-state index in [1.807, 2.05) is 0 Å². The summed E-state index contributed by atoms with van der Waals surface area (Å²) in [5.74, 6) is -0.619. The van der Waals surface area contributed by atoms with Gasteiger partial charge in [-0.3, -0.25) is 14.5 Å². The van der Waals surface area contributed by atoms with Crippen LogP contribution in [0.1, 0.15) is 67.2 Å². The number of fused-ring (bicyclic) bond motifs is 2. The Morgan fingerprint density at radius 1 is 1.18 bits per heavy atom. The van der Waals surface area contributed by atoms with E-state index in [0.29, 0.717) is 23.6 Å². The molecule has 0 unspecified atom stereocenters. The molecule has 5 nitrogen and oxygen atoms in total. The van der Waals surface area contributed by atoms with Crippen LogP contribution < -0.4 is 10.9 Å². The molecule has 2 heterocycles. The van der Waals surface area contributed by atoms with E-state index in [1.165, 1.54) is 24.6 Å². The van der Waals surface area contributed by atoms with Gasteiger partial charge in [0.05, 0.1) is 5.56 Å². The fraction of sp³-hybridized carbons (Fsp3) is 0.520. The fourth-order valence-corrected chi connectivity index (χ4v) is 5.90. The number of alkyl halides is 3. The van der Waals surface area contributed by atoms with Gasteiger partial charge in [0, 0.05) is 31.4 Å². The molecule has 33 heavy (non-hydrogen) atoms. The average Bonchev–Trinajstić information content (AvgIpc) is 2.93. The van der Waals surface area contributed by atoms with Crippen molar-refractivity contribution in [1.29, 1.82) is 0 Å². The summed E-state index contributed by atoms with van der Waals surface area (Å²) in [4.78, 5) is 30.3. The number of halogens is 3. The topological polar surface area (TPSA) is 65.2 Å². The number of hydrogen-bond acceptors (Lipinski definition) is 3. The van der Waals surface area contributed by atoms with Crippen molar-refractivity contribution in [1.82, 2.24) is 15.2 Å². The van der Waals surface area contributed by atoms with Crippen LogP contribution in [0.2, 0.25) is 0 Å². The highest BCUT2D eigenvalue weighted by Crippen LogP contribution is 2.52. The van der Waals surface area contributed by atoms with Gasteiger partial charge in [-0.1, -0.05) is 32.9 Å². The molecule has 1 aromatic heterocycles. The Hall–Kier alpha value is -2.61. The van der Waals surface area contributed by atoms with Crippen molar-refractivity contribution in [3.63, 3.8) is 0 Å². The summed E-state index contributed by atoms with van der Waals surface area (Å²) in [6.45, 7) is 8.47. The van der Waals surface area contributed by atoms with Crippen molar-refractivity contribution in [2.24, 2.45) is 10.8 Å². The Kier molecular flexibility index (Phi) is 5.93. The highest BCUT2D eigenvalue weighted by Gasteiger charge is 2.49. The van der Waals surface area contributed by atoms with Crippen LogP contribution in [0.4, 0.5) is 13.2 Å². The maximum absolute atomic E-state index is 12.9. The third kappa shape index (κ3) is 5.32. The number of benzene rings is 1. The van der Waals surface area contributed by atoms with Crippen LogP contribution in [0.3, 0.4) is 0 Å². The maximum Gasteiger partial charge on any atom is 0.416 e. The number of pyridine rings is 1. The van der Waals surface area contributed by atoms with Crippen molar-refractivity contribution in [3.8, 4) is 0 Å². The first-order valence-corrected chi connectivity index (χ1v) is 11.2. The first kappa shape index (κ1) is 23.5. The zero-order valence-electron chi connectivity index (χ0n) is 19.2. The van der Waals surface area contributed by atoms with Crippen molar-refractivity contribution >= 4 is 5.91 Å². The van der Waals surface area contributed by atoms with Crippen LogP contribution in [0.25, 0.3) is 0 Å². The molecule has 8 heteroatoms. The number of carbonyl (C=O) groups excluding carboxylic acids is 1. The fourth-order valence-electron chi connectivity index (χ4n) is 5.90. The van der Waals surface area contributed by atoms with Crippen molar-refractivity contribution < 1.29 is 18.0 Å². The minimum Gasteiger partial charge on any atom is -0.348 e. The molecule has 4 rings (SSSR count). The molecule has 2 fully saturated rings. The first-order chi connectivity index (χ1) is 15.3. The summed E-state index contributed by atoms with van der Waals surface area (Å²) in [5, 5.41) is 2.53. The SMILES string of the molecule is CC1(C)C[C@@H]2C[C@](C)(CN2Cc2ccc(C(=O)NCc3cccc(C(F)(F)F)c3)c(=O)[nH]2)C1. The van der Waals surface area contributed by atoms with Gasteiger partial charge in [0.1, 0.15) is 5.56 Å². The van der Waals surface area contributed by atoms with Crippen LogP contribution in [0, 0.1) is 10.8 Å². The standard InChI is InChI=1S/C25H30F3N3O2/c1-23(2)10-19-11-24(3,14-23)15-31(19)13-18-7-8-20(22(33)30-18)21(32)29-12-16-5-4-6-17(9-16)25(26,27)28/h4-9,19H,10-15H2,1-3H3,(H,29,32)(H,30,33)/t19-,24+/m1/s1. The number of rotatable bonds is 5. The number of H-pyrrole nitrogens is 1. The van der Waals surface area contributed by atoms with E-state index in [2.05, 4.69) is 36.0 Å². The van der Waals surface area contributed by atoms with E-state index in [0.717, 1.165) is 37.2 Å². The second-order valence-corrected chi connectivity index (χ2v) is 10.7. The normalized spacial score (nSPS) is 24.6. The Morgan fingerprint density at radius 2 is 1.94 bits per heavy atom. The number of aromatic amines is 1. The summed E-state index contributed by atoms with van der Waals surface area (Å²) in [5.41, 5.74) is 0.324. The number of aromatic nitrogens is 1. The van der Waals surface area contributed by atoms with E-state index in [9.17, 15) is 22.8 Å². The number of nitrogens with zero attached hydrogens (tertiary/aromatic N) is 1. The molecule has 1 amide bonds. The van der Waals surface area contributed by atoms with Crippen molar-refractivity contribution in [3.05, 3.63) is 69.1 Å². The van der Waals surface area contributed by atoms with Gasteiger partial charge in [-0.25, -0.2) is 0 Å². The highest BCUT2D eigenvalue weighted by molar-refractivity contribution is 5.93. The second kappa shape index (κ2) is 8.31. The molecule has 0 spiro atoms. The molecule has 1 saturated heterocycles. The predicted molar refractivity (Wildman–Crippen MR) is 120 cm³/mol. The third-order valence-corrected chi connectivity index (χ3v) is 6.82. The second-order valence-electron chi connectivity index (χ2n) is 10.7. The quantitative estimate of drug-likeness (QED) is 0.677. The summed E-state index contributed by atoms with van der Waals surface area (Å²) in [6.07, 6.45) is -0.970. The number of likely N-dealkylation sites (tertiary alicyclic amines) is 1. The van der Waals surface area contributed by atoms with Gasteiger partial charge in [-0.05, 0) is 59.9 Å². The predicted octanol–water partition coefficient (Wildman–Crippen LogP) is 4.72. The number of carbonyl (C=O) groups is 1. The lowest BCUT2D eigenvalue weighted by Crippen LogP contribution is -2.35. The largest absolute Gasteiger partial charge is 0.416 e. The Bertz CT molecular complexity index is 1110. The van der Waals surface area contributed by atoms with E-state index in [-0.39, 0.29) is 17.5 Å². The van der Waals surface area contributed by atoms with Gasteiger partial charge in [0.2, 0.25) is 0 Å². The van der Waals surface area contributed by atoms with Crippen LogP contribution in [-0.4, -0.2) is 28.4 Å². The minimum absolute atomic E-state index is 0.0565. The molecule has 1 aliphatic heterocycles. The molecule has 2 bridgehead atoms. The molecule has 1 aromatic carbocycles. The van der Waals surface area contributed by atoms with Crippen molar-refractivity contribution in [2.75, 3.05) is 6.54 Å². The smallest absolute Gasteiger partial charge is 0.348 e. The third-order valence-electron chi connectivity index (χ3n) is 6.82. The molecule has 1 aliphatic carbocycles. The van der Waals surface area contributed by atoms with Gasteiger partial charge in [-0.15, -0.1) is 0 Å². The lowest BCUT2D eigenvalue weighted by molar-refractivity contribution is -0.137. The van der Waals surface area contributed by atoms with E-state index < -0.39 is 23.2 Å². The van der Waals surface area contributed by atoms with Crippen LogP contribution in [0.5, 0.6) is 0 Å². The molecule has 1 saturated carbocycles. The summed E-state index contributed by atoms with van der Waals surface area (Å²) in [7, 11) is 0. The lowest BCUT2D eigenvalue weighted by Gasteiger charge is -2.39. The van der Waals surface area contributed by atoms with Crippen LogP contribution >= 0.6 is 0 Å². The molecular formula is C25H30F3N3O2. The molecule has 178 valence electrons.